The zero-order valence-electron chi connectivity index (χ0n) is 6.13. The van der Waals surface area contributed by atoms with Crippen LogP contribution in [-0.4, -0.2) is 7.11 Å². The Hall–Kier alpha value is -0.730. The van der Waals surface area contributed by atoms with Crippen molar-refractivity contribution in [2.45, 2.75) is 6.61 Å². The van der Waals surface area contributed by atoms with Gasteiger partial charge in [0.1, 0.15) is 12.4 Å². The fourth-order valence-corrected chi connectivity index (χ4v) is 1.17. The van der Waals surface area contributed by atoms with Crippen LogP contribution in [0, 0.1) is 0 Å². The first kappa shape index (κ1) is 8.37. The molecule has 1 aromatic rings. The molecule has 11 heavy (non-hydrogen) atoms. The molecule has 0 heterocycles. The SMILES string of the molecule is COc1c(Cl)cccc1C[O]. The molecule has 0 saturated carbocycles. The van der Waals surface area contributed by atoms with Crippen LogP contribution in [0.4, 0.5) is 0 Å². The smallest absolute Gasteiger partial charge is 0.143 e. The van der Waals surface area contributed by atoms with Gasteiger partial charge in [-0.15, -0.1) is 0 Å². The first-order valence-corrected chi connectivity index (χ1v) is 3.57. The molecule has 0 bridgehead atoms. The third-order valence-electron chi connectivity index (χ3n) is 1.41. The van der Waals surface area contributed by atoms with Crippen molar-refractivity contribution in [3.8, 4) is 5.75 Å². The van der Waals surface area contributed by atoms with Crippen LogP contribution in [0.2, 0.25) is 5.02 Å². The van der Waals surface area contributed by atoms with Gasteiger partial charge in [-0.2, -0.15) is 0 Å². The summed E-state index contributed by atoms with van der Waals surface area (Å²) >= 11 is 5.74. The Labute approximate surface area is 70.4 Å². The Morgan fingerprint density at radius 2 is 2.27 bits per heavy atom. The molecule has 1 radical (unpaired) electrons. The molecule has 0 N–H and O–H groups in total. The fraction of sp³-hybridized carbons (Fsp3) is 0.250. The lowest BCUT2D eigenvalue weighted by Crippen LogP contribution is -1.91. The highest BCUT2D eigenvalue weighted by Crippen LogP contribution is 2.27. The molecular formula is C8H8ClO2. The van der Waals surface area contributed by atoms with Crippen molar-refractivity contribution in [3.63, 3.8) is 0 Å². The number of hydrogen-bond acceptors (Lipinski definition) is 1. The average molecular weight is 172 g/mol. The number of rotatable bonds is 2. The lowest BCUT2D eigenvalue weighted by atomic mass is 10.2. The topological polar surface area (TPSA) is 29.1 Å². The van der Waals surface area contributed by atoms with E-state index in [4.69, 9.17) is 16.3 Å². The number of para-hydroxylation sites is 1. The first-order chi connectivity index (χ1) is 5.29. The zero-order valence-corrected chi connectivity index (χ0v) is 6.89. The molecule has 0 unspecified atom stereocenters. The third kappa shape index (κ3) is 1.64. The molecule has 1 rings (SSSR count). The summed E-state index contributed by atoms with van der Waals surface area (Å²) in [7, 11) is 1.50. The van der Waals surface area contributed by atoms with E-state index in [9.17, 15) is 5.11 Å². The lowest BCUT2D eigenvalue weighted by Gasteiger charge is -2.05. The van der Waals surface area contributed by atoms with Crippen LogP contribution >= 0.6 is 11.6 Å². The van der Waals surface area contributed by atoms with Crippen LogP contribution in [0.5, 0.6) is 5.75 Å². The molecule has 2 nitrogen and oxygen atoms in total. The number of ether oxygens (including phenoxy) is 1. The Kier molecular flexibility index (Phi) is 2.74. The summed E-state index contributed by atoms with van der Waals surface area (Å²) in [6, 6.07) is 5.13. The monoisotopic (exact) mass is 171 g/mol. The molecule has 0 amide bonds. The Balaban J connectivity index is 3.13. The fourth-order valence-electron chi connectivity index (χ4n) is 0.896. The van der Waals surface area contributed by atoms with Gasteiger partial charge in [0, 0.05) is 5.56 Å². The van der Waals surface area contributed by atoms with Crippen molar-refractivity contribution in [2.24, 2.45) is 0 Å². The number of benzene rings is 1. The third-order valence-corrected chi connectivity index (χ3v) is 1.71. The largest absolute Gasteiger partial charge is 0.495 e. The molecule has 0 atom stereocenters. The van der Waals surface area contributed by atoms with Crippen LogP contribution in [-0.2, 0) is 11.7 Å². The van der Waals surface area contributed by atoms with Crippen molar-refractivity contribution in [3.05, 3.63) is 28.8 Å². The zero-order chi connectivity index (χ0) is 8.27. The van der Waals surface area contributed by atoms with Gasteiger partial charge >= 0.3 is 0 Å². The molecule has 0 aliphatic carbocycles. The predicted molar refractivity (Wildman–Crippen MR) is 42.4 cm³/mol. The second-order valence-electron chi connectivity index (χ2n) is 2.08. The van der Waals surface area contributed by atoms with Crippen molar-refractivity contribution in [1.82, 2.24) is 0 Å². The van der Waals surface area contributed by atoms with Gasteiger partial charge in [-0.3, -0.25) is 0 Å². The minimum atomic E-state index is -0.302. The Morgan fingerprint density at radius 3 is 2.73 bits per heavy atom. The van der Waals surface area contributed by atoms with Crippen molar-refractivity contribution in [2.75, 3.05) is 7.11 Å². The molecule has 59 valence electrons. The van der Waals surface area contributed by atoms with Crippen LogP contribution in [0.1, 0.15) is 5.56 Å². The number of methoxy groups -OCH3 is 1. The van der Waals surface area contributed by atoms with Gasteiger partial charge in [0.15, 0.2) is 0 Å². The first-order valence-electron chi connectivity index (χ1n) is 3.19. The summed E-state index contributed by atoms with van der Waals surface area (Å²) in [5, 5.41) is 11.0. The van der Waals surface area contributed by atoms with E-state index in [0.29, 0.717) is 16.3 Å². The normalized spacial score (nSPS) is 9.73. The summed E-state index contributed by atoms with van der Waals surface area (Å²) in [6.07, 6.45) is 0. The van der Waals surface area contributed by atoms with E-state index in [1.165, 1.54) is 7.11 Å². The minimum Gasteiger partial charge on any atom is -0.495 e. The van der Waals surface area contributed by atoms with Crippen LogP contribution in [0.15, 0.2) is 18.2 Å². The van der Waals surface area contributed by atoms with Gasteiger partial charge in [0.05, 0.1) is 12.1 Å². The molecule has 0 aliphatic heterocycles. The van der Waals surface area contributed by atoms with E-state index < -0.39 is 0 Å². The van der Waals surface area contributed by atoms with E-state index in [-0.39, 0.29) is 6.61 Å². The molecule has 3 heteroatoms. The minimum absolute atomic E-state index is 0.302. The number of halogens is 1. The summed E-state index contributed by atoms with van der Waals surface area (Å²) in [5.74, 6) is 0.490. The van der Waals surface area contributed by atoms with Crippen molar-refractivity contribution in [1.29, 1.82) is 0 Å². The van der Waals surface area contributed by atoms with Gasteiger partial charge in [0.2, 0.25) is 0 Å². The molecule has 0 saturated heterocycles. The summed E-state index contributed by atoms with van der Waals surface area (Å²) in [4.78, 5) is 0. The summed E-state index contributed by atoms with van der Waals surface area (Å²) in [5.41, 5.74) is 0.597. The van der Waals surface area contributed by atoms with E-state index >= 15 is 0 Å². The maximum Gasteiger partial charge on any atom is 0.143 e. The standard InChI is InChI=1S/C8H8ClO2/c1-11-8-6(5-10)3-2-4-7(8)9/h2-4H,5H2,1H3. The number of hydrogen-bond donors (Lipinski definition) is 0. The highest BCUT2D eigenvalue weighted by Gasteiger charge is 2.05. The van der Waals surface area contributed by atoms with Gasteiger partial charge in [-0.05, 0) is 6.07 Å². The summed E-state index contributed by atoms with van der Waals surface area (Å²) in [6.45, 7) is -0.302. The highest BCUT2D eigenvalue weighted by molar-refractivity contribution is 6.32. The maximum atomic E-state index is 10.5. The Bertz CT molecular complexity index is 248. The van der Waals surface area contributed by atoms with Crippen molar-refractivity contribution < 1.29 is 9.84 Å². The maximum absolute atomic E-state index is 10.5. The molecule has 0 spiro atoms. The average Bonchev–Trinajstić information content (AvgIpc) is 2.04. The quantitative estimate of drug-likeness (QED) is 0.671. The molecule has 1 aromatic carbocycles. The van der Waals surface area contributed by atoms with E-state index in [0.717, 1.165) is 0 Å². The van der Waals surface area contributed by atoms with E-state index in [2.05, 4.69) is 0 Å². The molecule has 0 fully saturated rings. The van der Waals surface area contributed by atoms with Gasteiger partial charge in [-0.25, -0.2) is 5.11 Å². The summed E-state index contributed by atoms with van der Waals surface area (Å²) < 4.78 is 4.94. The van der Waals surface area contributed by atoms with Crippen molar-refractivity contribution >= 4 is 11.6 Å². The molecule has 0 aliphatic rings. The second-order valence-corrected chi connectivity index (χ2v) is 2.48. The van der Waals surface area contributed by atoms with E-state index in [1.54, 1.807) is 18.2 Å². The molecular weight excluding hydrogens is 164 g/mol. The lowest BCUT2D eigenvalue weighted by molar-refractivity contribution is 0.174. The van der Waals surface area contributed by atoms with Gasteiger partial charge < -0.3 is 4.74 Å². The highest BCUT2D eigenvalue weighted by atomic mass is 35.5. The van der Waals surface area contributed by atoms with Crippen LogP contribution < -0.4 is 4.74 Å². The Morgan fingerprint density at radius 1 is 1.55 bits per heavy atom. The molecule has 0 aromatic heterocycles. The van der Waals surface area contributed by atoms with E-state index in [1.807, 2.05) is 0 Å². The van der Waals surface area contributed by atoms with Crippen LogP contribution in [0.25, 0.3) is 0 Å². The van der Waals surface area contributed by atoms with Crippen LogP contribution in [0.3, 0.4) is 0 Å². The second kappa shape index (κ2) is 3.60. The van der Waals surface area contributed by atoms with Gasteiger partial charge in [0.25, 0.3) is 0 Å². The van der Waals surface area contributed by atoms with Gasteiger partial charge in [-0.1, -0.05) is 23.7 Å². The predicted octanol–water partition coefficient (Wildman–Crippen LogP) is 2.28.